The Morgan fingerprint density at radius 3 is 2.68 bits per heavy atom. The summed E-state index contributed by atoms with van der Waals surface area (Å²) in [6.07, 6.45) is 1.63. The van der Waals surface area contributed by atoms with Gasteiger partial charge in [-0.05, 0) is 12.1 Å². The van der Waals surface area contributed by atoms with Gasteiger partial charge in [0.15, 0.2) is 5.82 Å². The highest BCUT2D eigenvalue weighted by Crippen LogP contribution is 2.25. The molecule has 2 heterocycles. The lowest BCUT2D eigenvalue weighted by molar-refractivity contribution is 0.102. The zero-order valence-corrected chi connectivity index (χ0v) is 15.0. The summed E-state index contributed by atoms with van der Waals surface area (Å²) in [5, 5.41) is 3.25. The smallest absolute Gasteiger partial charge is 0.257 e. The Morgan fingerprint density at radius 2 is 2.00 bits per heavy atom. The van der Waals surface area contributed by atoms with E-state index < -0.39 is 0 Å². The number of halogens is 1. The van der Waals surface area contributed by atoms with Crippen LogP contribution in [0.25, 0.3) is 0 Å². The molecule has 0 radical (unpaired) electrons. The number of hydrogen-bond acceptors (Lipinski definition) is 6. The molecule has 0 saturated carbocycles. The number of anilines is 3. The molecule has 1 aliphatic heterocycles. The number of rotatable bonds is 4. The highest BCUT2D eigenvalue weighted by molar-refractivity contribution is 6.34. The first kappa shape index (κ1) is 17.4. The van der Waals surface area contributed by atoms with Crippen molar-refractivity contribution in [1.82, 2.24) is 9.97 Å². The number of aromatic nitrogens is 2. The van der Waals surface area contributed by atoms with Crippen LogP contribution in [0, 0.1) is 0 Å². The molecule has 3 rings (SSSR count). The fourth-order valence-corrected chi connectivity index (χ4v) is 2.77. The van der Waals surface area contributed by atoms with Gasteiger partial charge >= 0.3 is 0 Å². The van der Waals surface area contributed by atoms with Crippen LogP contribution < -0.4 is 15.1 Å². The molecule has 0 unspecified atom stereocenters. The molecule has 2 aromatic rings. The quantitative estimate of drug-likeness (QED) is 0.901. The van der Waals surface area contributed by atoms with E-state index in [2.05, 4.69) is 20.2 Å². The molecule has 0 bridgehead atoms. The molecule has 1 amide bonds. The van der Waals surface area contributed by atoms with E-state index >= 15 is 0 Å². The Morgan fingerprint density at radius 1 is 1.28 bits per heavy atom. The fourth-order valence-electron chi connectivity index (χ4n) is 2.54. The van der Waals surface area contributed by atoms with Crippen LogP contribution in [0.5, 0.6) is 0 Å². The number of nitrogens with one attached hydrogen (secondary N) is 1. The molecule has 0 atom stereocenters. The van der Waals surface area contributed by atoms with Crippen molar-refractivity contribution >= 4 is 35.0 Å². The number of carbonyl (C=O) groups excluding carboxylic acids is 1. The minimum absolute atomic E-state index is 0.295. The second kappa shape index (κ2) is 7.67. The van der Waals surface area contributed by atoms with Crippen molar-refractivity contribution in [3.05, 3.63) is 41.0 Å². The van der Waals surface area contributed by atoms with Crippen LogP contribution in [0.3, 0.4) is 0 Å². The molecule has 1 N–H and O–H groups in total. The fraction of sp³-hybridized carbons (Fsp3) is 0.353. The topological polar surface area (TPSA) is 70.6 Å². The lowest BCUT2D eigenvalue weighted by Crippen LogP contribution is -2.37. The van der Waals surface area contributed by atoms with E-state index in [-0.39, 0.29) is 5.91 Å². The predicted octanol–water partition coefficient (Wildman–Crippen LogP) is 2.28. The SMILES string of the molecule is CN(C)c1nc(N2CCOCC2)ncc1NC(=O)c1ccccc1Cl. The maximum Gasteiger partial charge on any atom is 0.257 e. The Bertz CT molecular complexity index is 762. The van der Waals surface area contributed by atoms with E-state index in [1.165, 1.54) is 0 Å². The van der Waals surface area contributed by atoms with Crippen LogP contribution >= 0.6 is 11.6 Å². The molecule has 1 saturated heterocycles. The summed E-state index contributed by atoms with van der Waals surface area (Å²) in [5.41, 5.74) is 0.943. The summed E-state index contributed by atoms with van der Waals surface area (Å²) in [6, 6.07) is 6.91. The standard InChI is InChI=1S/C17H20ClN5O2/c1-22(2)15-14(20-16(24)12-5-3-4-6-13(12)18)11-19-17(21-15)23-7-9-25-10-8-23/h3-6,11H,7-10H2,1-2H3,(H,20,24). The number of hydrogen-bond donors (Lipinski definition) is 1. The van der Waals surface area contributed by atoms with Gasteiger partial charge in [0.2, 0.25) is 5.95 Å². The van der Waals surface area contributed by atoms with Crippen LogP contribution in [0.2, 0.25) is 5.02 Å². The van der Waals surface area contributed by atoms with Crippen LogP contribution in [-0.2, 0) is 4.74 Å². The highest BCUT2D eigenvalue weighted by atomic mass is 35.5. The first-order valence-electron chi connectivity index (χ1n) is 7.99. The second-order valence-electron chi connectivity index (χ2n) is 5.84. The van der Waals surface area contributed by atoms with Gasteiger partial charge < -0.3 is 19.9 Å². The van der Waals surface area contributed by atoms with E-state index in [4.69, 9.17) is 16.3 Å². The van der Waals surface area contributed by atoms with E-state index in [1.54, 1.807) is 30.5 Å². The van der Waals surface area contributed by atoms with Crippen molar-refractivity contribution in [3.8, 4) is 0 Å². The van der Waals surface area contributed by atoms with Gasteiger partial charge in [-0.1, -0.05) is 23.7 Å². The second-order valence-corrected chi connectivity index (χ2v) is 6.24. The van der Waals surface area contributed by atoms with Gasteiger partial charge in [0, 0.05) is 27.2 Å². The first-order valence-corrected chi connectivity index (χ1v) is 8.37. The molecule has 1 aromatic heterocycles. The van der Waals surface area contributed by atoms with Crippen molar-refractivity contribution in [2.45, 2.75) is 0 Å². The molecule has 1 aromatic carbocycles. The molecule has 1 fully saturated rings. The zero-order chi connectivity index (χ0) is 17.8. The maximum atomic E-state index is 12.5. The number of benzene rings is 1. The number of ether oxygens (including phenoxy) is 1. The highest BCUT2D eigenvalue weighted by Gasteiger charge is 2.19. The van der Waals surface area contributed by atoms with Crippen LogP contribution in [-0.4, -0.2) is 56.3 Å². The van der Waals surface area contributed by atoms with Gasteiger partial charge in [0.05, 0.1) is 30.0 Å². The Labute approximate surface area is 151 Å². The van der Waals surface area contributed by atoms with Gasteiger partial charge in [-0.2, -0.15) is 4.98 Å². The molecule has 1 aliphatic rings. The minimum Gasteiger partial charge on any atom is -0.378 e. The molecule has 8 heteroatoms. The van der Waals surface area contributed by atoms with Crippen molar-refractivity contribution in [1.29, 1.82) is 0 Å². The Hall–Kier alpha value is -2.38. The molecular formula is C17H20ClN5O2. The van der Waals surface area contributed by atoms with E-state index in [0.717, 1.165) is 13.1 Å². The molecular weight excluding hydrogens is 342 g/mol. The summed E-state index contributed by atoms with van der Waals surface area (Å²) in [6.45, 7) is 2.81. The summed E-state index contributed by atoms with van der Waals surface area (Å²) in [5.74, 6) is 0.969. The van der Waals surface area contributed by atoms with Gasteiger partial charge in [0.25, 0.3) is 5.91 Å². The zero-order valence-electron chi connectivity index (χ0n) is 14.2. The summed E-state index contributed by atoms with van der Waals surface area (Å²) < 4.78 is 5.36. The average Bonchev–Trinajstić information content (AvgIpc) is 2.63. The van der Waals surface area contributed by atoms with Crippen LogP contribution in [0.1, 0.15) is 10.4 Å². The van der Waals surface area contributed by atoms with Crippen molar-refractivity contribution in [2.75, 3.05) is 55.5 Å². The minimum atomic E-state index is -0.295. The molecule has 0 aliphatic carbocycles. The molecule has 25 heavy (non-hydrogen) atoms. The van der Waals surface area contributed by atoms with Gasteiger partial charge in [-0.15, -0.1) is 0 Å². The lowest BCUT2D eigenvalue weighted by Gasteiger charge is -2.28. The number of morpholine rings is 1. The third-order valence-electron chi connectivity index (χ3n) is 3.84. The third-order valence-corrected chi connectivity index (χ3v) is 4.17. The molecule has 0 spiro atoms. The first-order chi connectivity index (χ1) is 12.1. The Kier molecular flexibility index (Phi) is 5.35. The number of carbonyl (C=O) groups is 1. The molecule has 7 nitrogen and oxygen atoms in total. The van der Waals surface area contributed by atoms with Gasteiger partial charge in [-0.3, -0.25) is 4.79 Å². The predicted molar refractivity (Wildman–Crippen MR) is 98.8 cm³/mol. The number of nitrogens with zero attached hydrogens (tertiary/aromatic N) is 4. The summed E-state index contributed by atoms with van der Waals surface area (Å²) in [4.78, 5) is 25.4. The van der Waals surface area contributed by atoms with E-state index in [0.29, 0.717) is 41.3 Å². The lowest BCUT2D eigenvalue weighted by atomic mass is 10.2. The van der Waals surface area contributed by atoms with Crippen LogP contribution in [0.15, 0.2) is 30.5 Å². The van der Waals surface area contributed by atoms with Crippen molar-refractivity contribution in [3.63, 3.8) is 0 Å². The van der Waals surface area contributed by atoms with E-state index in [9.17, 15) is 4.79 Å². The largest absolute Gasteiger partial charge is 0.378 e. The maximum absolute atomic E-state index is 12.5. The summed E-state index contributed by atoms with van der Waals surface area (Å²) in [7, 11) is 3.74. The Balaban J connectivity index is 1.85. The van der Waals surface area contributed by atoms with Gasteiger partial charge in [0.1, 0.15) is 5.69 Å². The van der Waals surface area contributed by atoms with Crippen molar-refractivity contribution in [2.24, 2.45) is 0 Å². The van der Waals surface area contributed by atoms with Gasteiger partial charge in [-0.25, -0.2) is 4.98 Å². The van der Waals surface area contributed by atoms with Crippen molar-refractivity contribution < 1.29 is 9.53 Å². The number of amides is 1. The van der Waals surface area contributed by atoms with E-state index in [1.807, 2.05) is 19.0 Å². The third kappa shape index (κ3) is 4.00. The van der Waals surface area contributed by atoms with Crippen LogP contribution in [0.4, 0.5) is 17.5 Å². The monoisotopic (exact) mass is 361 g/mol. The molecule has 132 valence electrons. The normalized spacial score (nSPS) is 14.3. The average molecular weight is 362 g/mol. The summed E-state index contributed by atoms with van der Waals surface area (Å²) >= 11 is 6.09.